The van der Waals surface area contributed by atoms with Crippen LogP contribution < -0.4 is 0 Å². The summed E-state index contributed by atoms with van der Waals surface area (Å²) in [6, 6.07) is 9.55. The number of thioether (sulfide) groups is 1. The summed E-state index contributed by atoms with van der Waals surface area (Å²) in [6.45, 7) is 4.11. The lowest BCUT2D eigenvalue weighted by Crippen LogP contribution is -1.83. The highest BCUT2D eigenvalue weighted by molar-refractivity contribution is 9.10. The van der Waals surface area contributed by atoms with E-state index in [1.165, 1.54) is 22.9 Å². The molecule has 0 spiro atoms. The molecule has 0 unspecified atom stereocenters. The molecule has 4 aromatic rings. The van der Waals surface area contributed by atoms with E-state index in [0.29, 0.717) is 39.1 Å². The fourth-order valence-corrected chi connectivity index (χ4v) is 3.13. The van der Waals surface area contributed by atoms with Crippen LogP contribution in [-0.4, -0.2) is 20.4 Å². The van der Waals surface area contributed by atoms with E-state index in [4.69, 9.17) is 13.3 Å². The van der Waals surface area contributed by atoms with Crippen LogP contribution in [0.2, 0.25) is 0 Å². The maximum absolute atomic E-state index is 5.71. The smallest absolute Gasteiger partial charge is 0.283 e. The number of halogens is 1. The van der Waals surface area contributed by atoms with E-state index in [9.17, 15) is 0 Å². The lowest BCUT2D eigenvalue weighted by atomic mass is 10.1. The van der Waals surface area contributed by atoms with Crippen LogP contribution in [-0.2, 0) is 5.75 Å². The third kappa shape index (κ3) is 3.58. The van der Waals surface area contributed by atoms with Crippen LogP contribution in [0.15, 0.2) is 53.5 Å². The van der Waals surface area contributed by atoms with Crippen molar-refractivity contribution < 1.29 is 13.3 Å². The van der Waals surface area contributed by atoms with Crippen molar-refractivity contribution in [1.82, 2.24) is 20.4 Å². The number of hydrogen-bond acceptors (Lipinski definition) is 8. The van der Waals surface area contributed by atoms with Crippen LogP contribution in [0.25, 0.3) is 23.1 Å². The molecule has 9 heteroatoms. The molecule has 0 amide bonds. The van der Waals surface area contributed by atoms with Crippen LogP contribution >= 0.6 is 27.7 Å². The zero-order chi connectivity index (χ0) is 18.1. The van der Waals surface area contributed by atoms with Gasteiger partial charge in [-0.1, -0.05) is 17.8 Å². The second kappa shape index (κ2) is 7.08. The Hall–Kier alpha value is -2.39. The summed E-state index contributed by atoms with van der Waals surface area (Å²) in [5.41, 5.74) is 3.30. The minimum absolute atomic E-state index is 0.327. The summed E-state index contributed by atoms with van der Waals surface area (Å²) in [4.78, 5) is 0. The first-order chi connectivity index (χ1) is 12.6. The molecule has 0 aliphatic heterocycles. The van der Waals surface area contributed by atoms with Crippen molar-refractivity contribution in [3.8, 4) is 23.1 Å². The second-order valence-electron chi connectivity index (χ2n) is 5.57. The number of benzene rings is 1. The minimum atomic E-state index is 0.327. The van der Waals surface area contributed by atoms with Crippen LogP contribution in [0.1, 0.15) is 17.0 Å². The molecule has 0 aliphatic rings. The molecule has 0 saturated heterocycles. The summed E-state index contributed by atoms with van der Waals surface area (Å²) in [6.07, 6.45) is 0. The quantitative estimate of drug-likeness (QED) is 0.404. The van der Waals surface area contributed by atoms with E-state index in [2.05, 4.69) is 50.2 Å². The van der Waals surface area contributed by atoms with Crippen molar-refractivity contribution in [1.29, 1.82) is 0 Å². The Morgan fingerprint density at radius 3 is 2.50 bits per heavy atom. The largest absolute Gasteiger partial charge is 0.444 e. The molecule has 26 heavy (non-hydrogen) atoms. The normalized spacial score (nSPS) is 11.2. The molecule has 132 valence electrons. The third-order valence-electron chi connectivity index (χ3n) is 3.73. The molecule has 0 fully saturated rings. The van der Waals surface area contributed by atoms with Gasteiger partial charge in [0.05, 0.1) is 5.75 Å². The summed E-state index contributed by atoms with van der Waals surface area (Å²) >= 11 is 4.57. The van der Waals surface area contributed by atoms with Crippen LogP contribution in [0.3, 0.4) is 0 Å². The SMILES string of the molecule is Cc1ccc(-c2nnc(SCc3nnc(-c4ccc(Br)o4)o3)o2)cc1C. The monoisotopic (exact) mass is 432 g/mol. The van der Waals surface area contributed by atoms with Gasteiger partial charge < -0.3 is 13.3 Å². The molecule has 0 N–H and O–H groups in total. The van der Waals surface area contributed by atoms with E-state index in [-0.39, 0.29) is 0 Å². The molecule has 0 saturated carbocycles. The lowest BCUT2D eigenvalue weighted by Gasteiger charge is -2.00. The van der Waals surface area contributed by atoms with Gasteiger partial charge in [-0.3, -0.25) is 0 Å². The molecule has 0 atom stereocenters. The highest BCUT2D eigenvalue weighted by atomic mass is 79.9. The van der Waals surface area contributed by atoms with Gasteiger partial charge in [0, 0.05) is 5.56 Å². The van der Waals surface area contributed by atoms with E-state index >= 15 is 0 Å². The predicted molar refractivity (Wildman–Crippen MR) is 98.5 cm³/mol. The number of nitrogens with zero attached hydrogens (tertiary/aromatic N) is 4. The van der Waals surface area contributed by atoms with Gasteiger partial charge in [-0.15, -0.1) is 20.4 Å². The summed E-state index contributed by atoms with van der Waals surface area (Å²) in [5.74, 6) is 2.19. The molecule has 0 aliphatic carbocycles. The highest BCUT2D eigenvalue weighted by Gasteiger charge is 2.15. The highest BCUT2D eigenvalue weighted by Crippen LogP contribution is 2.28. The number of aromatic nitrogens is 4. The minimum Gasteiger partial charge on any atom is -0.444 e. The molecule has 3 heterocycles. The van der Waals surface area contributed by atoms with Gasteiger partial charge in [0.15, 0.2) is 10.4 Å². The molecule has 0 radical (unpaired) electrons. The average molecular weight is 433 g/mol. The first kappa shape index (κ1) is 17.0. The van der Waals surface area contributed by atoms with Crippen molar-refractivity contribution >= 4 is 27.7 Å². The Labute approximate surface area is 161 Å². The number of rotatable bonds is 5. The van der Waals surface area contributed by atoms with Crippen LogP contribution in [0, 0.1) is 13.8 Å². The van der Waals surface area contributed by atoms with Crippen LogP contribution in [0.4, 0.5) is 0 Å². The molecular weight excluding hydrogens is 420 g/mol. The second-order valence-corrected chi connectivity index (χ2v) is 7.27. The lowest BCUT2D eigenvalue weighted by molar-refractivity contribution is 0.463. The fourth-order valence-electron chi connectivity index (χ4n) is 2.22. The first-order valence-corrected chi connectivity index (χ1v) is 9.48. The van der Waals surface area contributed by atoms with E-state index in [0.717, 1.165) is 5.56 Å². The van der Waals surface area contributed by atoms with Crippen LogP contribution in [0.5, 0.6) is 0 Å². The topological polar surface area (TPSA) is 91.0 Å². The van der Waals surface area contributed by atoms with E-state index in [1.807, 2.05) is 18.2 Å². The van der Waals surface area contributed by atoms with Crippen molar-refractivity contribution in [3.63, 3.8) is 0 Å². The molecule has 7 nitrogen and oxygen atoms in total. The van der Waals surface area contributed by atoms with Crippen molar-refractivity contribution in [2.75, 3.05) is 0 Å². The fraction of sp³-hybridized carbons (Fsp3) is 0.176. The van der Waals surface area contributed by atoms with Gasteiger partial charge in [-0.05, 0) is 65.2 Å². The maximum atomic E-state index is 5.71. The molecule has 0 bridgehead atoms. The first-order valence-electron chi connectivity index (χ1n) is 7.70. The number of furan rings is 1. The van der Waals surface area contributed by atoms with Gasteiger partial charge in [0.2, 0.25) is 11.8 Å². The predicted octanol–water partition coefficient (Wildman–Crippen LogP) is 5.05. The summed E-state index contributed by atoms with van der Waals surface area (Å²) in [5, 5.41) is 16.6. The Bertz CT molecular complexity index is 1060. The number of aryl methyl sites for hydroxylation is 2. The summed E-state index contributed by atoms with van der Waals surface area (Å²) in [7, 11) is 0. The Balaban J connectivity index is 1.43. The van der Waals surface area contributed by atoms with Gasteiger partial charge in [-0.25, -0.2) is 0 Å². The zero-order valence-electron chi connectivity index (χ0n) is 13.9. The Kier molecular flexibility index (Phi) is 4.64. The molecule has 4 rings (SSSR count). The maximum Gasteiger partial charge on any atom is 0.283 e. The third-order valence-corrected chi connectivity index (χ3v) is 4.96. The standard InChI is InChI=1S/C17H13BrN4O3S/c1-9-3-4-11(7-10(9)2)15-20-22-17(25-15)26-8-14-19-21-16(24-14)12-5-6-13(18)23-12/h3-7H,8H2,1-2H3. The molecule has 3 aromatic heterocycles. The van der Waals surface area contributed by atoms with Gasteiger partial charge in [0.1, 0.15) is 0 Å². The van der Waals surface area contributed by atoms with Gasteiger partial charge in [0.25, 0.3) is 11.1 Å². The van der Waals surface area contributed by atoms with Gasteiger partial charge in [-0.2, -0.15) is 0 Å². The molecule has 1 aromatic carbocycles. The van der Waals surface area contributed by atoms with Gasteiger partial charge >= 0.3 is 0 Å². The Morgan fingerprint density at radius 2 is 1.73 bits per heavy atom. The van der Waals surface area contributed by atoms with Crippen molar-refractivity contribution in [2.24, 2.45) is 0 Å². The Morgan fingerprint density at radius 1 is 0.885 bits per heavy atom. The van der Waals surface area contributed by atoms with E-state index < -0.39 is 0 Å². The number of hydrogen-bond donors (Lipinski definition) is 0. The van der Waals surface area contributed by atoms with E-state index in [1.54, 1.807) is 12.1 Å². The average Bonchev–Trinajstić information content (AvgIpc) is 3.35. The van der Waals surface area contributed by atoms with Crippen molar-refractivity contribution in [3.05, 3.63) is 52.0 Å². The zero-order valence-corrected chi connectivity index (χ0v) is 16.3. The molecular formula is C17H13BrN4O3S. The van der Waals surface area contributed by atoms with Crippen molar-refractivity contribution in [2.45, 2.75) is 24.8 Å². The summed E-state index contributed by atoms with van der Waals surface area (Å²) < 4.78 is 17.3.